The molecule has 2 aliphatic carbocycles. The van der Waals surface area contributed by atoms with Crippen LogP contribution in [0, 0.1) is 11.3 Å². The Morgan fingerprint density at radius 1 is 1.82 bits per heavy atom. The summed E-state index contributed by atoms with van der Waals surface area (Å²) in [6.45, 7) is 1.95. The van der Waals surface area contributed by atoms with Gasteiger partial charge >= 0.3 is 5.97 Å². The zero-order valence-corrected chi connectivity index (χ0v) is 6.63. The quantitative estimate of drug-likeness (QED) is 0.582. The van der Waals surface area contributed by atoms with Gasteiger partial charge in [0.15, 0.2) is 0 Å². The molecule has 0 aromatic rings. The molecular formula is C9H12O2. The van der Waals surface area contributed by atoms with Crippen LogP contribution in [-0.4, -0.2) is 11.1 Å². The molecule has 11 heavy (non-hydrogen) atoms. The molecule has 2 aliphatic rings. The van der Waals surface area contributed by atoms with E-state index in [2.05, 4.69) is 6.08 Å². The monoisotopic (exact) mass is 152 g/mol. The van der Waals surface area contributed by atoms with Gasteiger partial charge in [0, 0.05) is 0 Å². The summed E-state index contributed by atoms with van der Waals surface area (Å²) in [6.07, 6.45) is 4.92. The third kappa shape index (κ3) is 0.697. The van der Waals surface area contributed by atoms with Crippen molar-refractivity contribution in [3.05, 3.63) is 11.6 Å². The third-order valence-corrected chi connectivity index (χ3v) is 3.20. The van der Waals surface area contributed by atoms with Gasteiger partial charge in [-0.2, -0.15) is 0 Å². The fraction of sp³-hybridized carbons (Fsp3) is 0.667. The maximum atomic E-state index is 11.0. The van der Waals surface area contributed by atoms with Gasteiger partial charge < -0.3 is 5.11 Å². The van der Waals surface area contributed by atoms with E-state index in [1.54, 1.807) is 0 Å². The molecule has 60 valence electrons. The van der Waals surface area contributed by atoms with Gasteiger partial charge in [-0.3, -0.25) is 4.79 Å². The summed E-state index contributed by atoms with van der Waals surface area (Å²) in [7, 11) is 0. The molecule has 0 amide bonds. The van der Waals surface area contributed by atoms with E-state index in [0.717, 1.165) is 24.8 Å². The van der Waals surface area contributed by atoms with Crippen LogP contribution < -0.4 is 0 Å². The van der Waals surface area contributed by atoms with E-state index >= 15 is 0 Å². The largest absolute Gasteiger partial charge is 0.481 e. The minimum absolute atomic E-state index is 0.454. The molecule has 0 spiro atoms. The number of carboxylic acid groups (broad SMARTS) is 1. The molecular weight excluding hydrogens is 140 g/mol. The highest BCUT2D eigenvalue weighted by molar-refractivity contribution is 5.80. The number of carbonyl (C=O) groups is 1. The van der Waals surface area contributed by atoms with Gasteiger partial charge in [-0.25, -0.2) is 0 Å². The standard InChI is InChI=1S/C9H12O2/c1-6-4-7-2-3-9(6,5-7)8(10)11/h4,7H,2-3,5H2,1H3,(H,10,11). The Labute approximate surface area is 65.9 Å². The van der Waals surface area contributed by atoms with Gasteiger partial charge in [0.05, 0.1) is 5.41 Å². The van der Waals surface area contributed by atoms with Crippen molar-refractivity contribution < 1.29 is 9.90 Å². The number of rotatable bonds is 1. The smallest absolute Gasteiger partial charge is 0.313 e. The second-order valence-corrected chi connectivity index (χ2v) is 3.74. The molecule has 2 nitrogen and oxygen atoms in total. The second kappa shape index (κ2) is 1.87. The first-order valence-corrected chi connectivity index (χ1v) is 4.07. The molecule has 1 saturated carbocycles. The zero-order chi connectivity index (χ0) is 8.06. The molecule has 0 aliphatic heterocycles. The molecule has 0 aromatic carbocycles. The first-order chi connectivity index (χ1) is 5.15. The number of hydrogen-bond acceptors (Lipinski definition) is 1. The normalized spacial score (nSPS) is 40.8. The summed E-state index contributed by atoms with van der Waals surface area (Å²) < 4.78 is 0. The van der Waals surface area contributed by atoms with E-state index in [9.17, 15) is 4.79 Å². The molecule has 1 fully saturated rings. The number of hydrogen-bond donors (Lipinski definition) is 1. The molecule has 0 saturated heterocycles. The van der Waals surface area contributed by atoms with Crippen LogP contribution in [0.25, 0.3) is 0 Å². The first-order valence-electron chi connectivity index (χ1n) is 4.07. The van der Waals surface area contributed by atoms with E-state index < -0.39 is 11.4 Å². The van der Waals surface area contributed by atoms with E-state index in [1.807, 2.05) is 6.92 Å². The molecule has 0 aromatic heterocycles. The highest BCUT2D eigenvalue weighted by Gasteiger charge is 2.50. The third-order valence-electron chi connectivity index (χ3n) is 3.20. The lowest BCUT2D eigenvalue weighted by molar-refractivity contribution is -0.146. The van der Waals surface area contributed by atoms with Crippen LogP contribution >= 0.6 is 0 Å². The van der Waals surface area contributed by atoms with Crippen LogP contribution in [-0.2, 0) is 4.79 Å². The van der Waals surface area contributed by atoms with Crippen LogP contribution in [0.3, 0.4) is 0 Å². The molecule has 2 heteroatoms. The summed E-state index contributed by atoms with van der Waals surface area (Å²) in [4.78, 5) is 11.0. The maximum absolute atomic E-state index is 11.0. The number of fused-ring (bicyclic) bond motifs is 2. The average Bonchev–Trinajstić information content (AvgIpc) is 2.43. The number of allylic oxidation sites excluding steroid dienone is 1. The lowest BCUT2D eigenvalue weighted by Crippen LogP contribution is -2.27. The Hall–Kier alpha value is -0.790. The zero-order valence-electron chi connectivity index (χ0n) is 6.63. The second-order valence-electron chi connectivity index (χ2n) is 3.74. The van der Waals surface area contributed by atoms with Crippen molar-refractivity contribution in [3.63, 3.8) is 0 Å². The molecule has 2 bridgehead atoms. The Bertz CT molecular complexity index is 242. The van der Waals surface area contributed by atoms with Crippen LogP contribution in [0.4, 0.5) is 0 Å². The molecule has 2 rings (SSSR count). The van der Waals surface area contributed by atoms with Gasteiger partial charge in [-0.1, -0.05) is 11.6 Å². The molecule has 0 heterocycles. The fourth-order valence-corrected chi connectivity index (χ4v) is 2.46. The summed E-state index contributed by atoms with van der Waals surface area (Å²) >= 11 is 0. The summed E-state index contributed by atoms with van der Waals surface area (Å²) in [6, 6.07) is 0. The number of aliphatic carboxylic acids is 1. The molecule has 2 atom stereocenters. The summed E-state index contributed by atoms with van der Waals surface area (Å²) in [5.41, 5.74) is 0.631. The van der Waals surface area contributed by atoms with Gasteiger partial charge in [-0.05, 0) is 32.1 Å². The summed E-state index contributed by atoms with van der Waals surface area (Å²) in [5.74, 6) is -0.0580. The van der Waals surface area contributed by atoms with Crippen LogP contribution in [0.5, 0.6) is 0 Å². The fourth-order valence-electron chi connectivity index (χ4n) is 2.46. The minimum Gasteiger partial charge on any atom is -0.481 e. The van der Waals surface area contributed by atoms with E-state index in [0.29, 0.717) is 5.92 Å². The van der Waals surface area contributed by atoms with Crippen LogP contribution in [0.2, 0.25) is 0 Å². The van der Waals surface area contributed by atoms with Gasteiger partial charge in [0.25, 0.3) is 0 Å². The lowest BCUT2D eigenvalue weighted by Gasteiger charge is -2.22. The van der Waals surface area contributed by atoms with Crippen molar-refractivity contribution in [3.8, 4) is 0 Å². The molecule has 2 unspecified atom stereocenters. The van der Waals surface area contributed by atoms with Crippen molar-refractivity contribution in [2.45, 2.75) is 26.2 Å². The molecule has 0 radical (unpaired) electrons. The van der Waals surface area contributed by atoms with Crippen LogP contribution in [0.1, 0.15) is 26.2 Å². The Balaban J connectivity index is 2.40. The maximum Gasteiger partial charge on any atom is 0.313 e. The lowest BCUT2D eigenvalue weighted by atomic mass is 9.81. The van der Waals surface area contributed by atoms with Crippen molar-refractivity contribution in [2.24, 2.45) is 11.3 Å². The van der Waals surface area contributed by atoms with E-state index in [1.165, 1.54) is 0 Å². The first kappa shape index (κ1) is 6.89. The van der Waals surface area contributed by atoms with E-state index in [4.69, 9.17) is 5.11 Å². The Kier molecular flexibility index (Phi) is 1.17. The van der Waals surface area contributed by atoms with Crippen molar-refractivity contribution in [1.82, 2.24) is 0 Å². The van der Waals surface area contributed by atoms with E-state index in [-0.39, 0.29) is 0 Å². The predicted octanol–water partition coefficient (Wildman–Crippen LogP) is 1.82. The number of carboxylic acids is 1. The van der Waals surface area contributed by atoms with Crippen molar-refractivity contribution >= 4 is 5.97 Å². The topological polar surface area (TPSA) is 37.3 Å². The van der Waals surface area contributed by atoms with Gasteiger partial charge in [0.1, 0.15) is 0 Å². The van der Waals surface area contributed by atoms with Crippen LogP contribution in [0.15, 0.2) is 11.6 Å². The predicted molar refractivity (Wildman–Crippen MR) is 41.2 cm³/mol. The van der Waals surface area contributed by atoms with Crippen molar-refractivity contribution in [2.75, 3.05) is 0 Å². The van der Waals surface area contributed by atoms with Crippen molar-refractivity contribution in [1.29, 1.82) is 0 Å². The SMILES string of the molecule is CC1=CC2CCC1(C(=O)O)C2. The Morgan fingerprint density at radius 3 is 2.82 bits per heavy atom. The minimum atomic E-state index is -0.619. The Morgan fingerprint density at radius 2 is 2.55 bits per heavy atom. The summed E-state index contributed by atoms with van der Waals surface area (Å²) in [5, 5.41) is 9.02. The average molecular weight is 152 g/mol. The highest BCUT2D eigenvalue weighted by Crippen LogP contribution is 2.53. The highest BCUT2D eigenvalue weighted by atomic mass is 16.4. The van der Waals surface area contributed by atoms with Gasteiger partial charge in [0.2, 0.25) is 0 Å². The van der Waals surface area contributed by atoms with Gasteiger partial charge in [-0.15, -0.1) is 0 Å². The molecule has 1 N–H and O–H groups in total.